The molecule has 1 fully saturated rings. The maximum absolute atomic E-state index is 11.1. The van der Waals surface area contributed by atoms with Crippen molar-refractivity contribution in [3.05, 3.63) is 17.0 Å². The smallest absolute Gasteiger partial charge is 0.277 e. The fraction of sp³-hybridized carbons (Fsp3) is 0.500. The van der Waals surface area contributed by atoms with E-state index in [4.69, 9.17) is 5.73 Å². The number of aromatic nitrogens is 3. The Bertz CT molecular complexity index is 621. The lowest BCUT2D eigenvalue weighted by atomic mass is 10.3. The summed E-state index contributed by atoms with van der Waals surface area (Å²) in [7, 11) is 0. The van der Waals surface area contributed by atoms with Crippen molar-refractivity contribution in [2.24, 2.45) is 5.73 Å². The Kier molecular flexibility index (Phi) is 3.86. The highest BCUT2D eigenvalue weighted by atomic mass is 32.1. The molecule has 0 spiro atoms. The van der Waals surface area contributed by atoms with Crippen LogP contribution >= 0.6 is 11.3 Å². The zero-order chi connectivity index (χ0) is 13.9. The van der Waals surface area contributed by atoms with Crippen LogP contribution in [0.3, 0.4) is 0 Å². The van der Waals surface area contributed by atoms with Gasteiger partial charge in [0.05, 0.1) is 6.20 Å². The number of hydrogen-bond acceptors (Lipinski definition) is 7. The standard InChI is InChI=1S/C12H16N6OS/c13-10(19)12-16-8-7-15-9(17-11(8)20-12)1-4-18-5-2-14-3-6-18/h7,14H,1-6H2,(H2,13,19). The van der Waals surface area contributed by atoms with Crippen LogP contribution in [-0.2, 0) is 6.42 Å². The van der Waals surface area contributed by atoms with Gasteiger partial charge in [-0.2, -0.15) is 0 Å². The first kappa shape index (κ1) is 13.3. The second-order valence-corrected chi connectivity index (χ2v) is 5.68. The molecular formula is C12H16N6OS. The van der Waals surface area contributed by atoms with Gasteiger partial charge in [-0.05, 0) is 0 Å². The van der Waals surface area contributed by atoms with Gasteiger partial charge in [-0.15, -0.1) is 0 Å². The predicted molar refractivity (Wildman–Crippen MR) is 76.7 cm³/mol. The summed E-state index contributed by atoms with van der Waals surface area (Å²) >= 11 is 1.22. The monoisotopic (exact) mass is 292 g/mol. The van der Waals surface area contributed by atoms with Gasteiger partial charge in [0.2, 0.25) is 0 Å². The molecule has 2 aromatic heterocycles. The van der Waals surface area contributed by atoms with E-state index < -0.39 is 5.91 Å². The molecule has 1 amide bonds. The summed E-state index contributed by atoms with van der Waals surface area (Å²) in [5, 5.41) is 3.61. The van der Waals surface area contributed by atoms with E-state index in [-0.39, 0.29) is 5.01 Å². The molecule has 0 unspecified atom stereocenters. The van der Waals surface area contributed by atoms with E-state index in [9.17, 15) is 4.79 Å². The lowest BCUT2D eigenvalue weighted by Crippen LogP contribution is -2.44. The van der Waals surface area contributed by atoms with Crippen molar-refractivity contribution in [1.29, 1.82) is 0 Å². The van der Waals surface area contributed by atoms with Gasteiger partial charge in [-0.3, -0.25) is 4.79 Å². The molecule has 106 valence electrons. The Balaban J connectivity index is 1.70. The van der Waals surface area contributed by atoms with Crippen molar-refractivity contribution in [2.75, 3.05) is 32.7 Å². The molecule has 0 aromatic carbocycles. The Hall–Kier alpha value is -1.64. The number of nitrogens with one attached hydrogen (secondary N) is 1. The van der Waals surface area contributed by atoms with Crippen LogP contribution in [0.1, 0.15) is 15.6 Å². The predicted octanol–water partition coefficient (Wildman–Crippen LogP) is -0.367. The average Bonchev–Trinajstić information content (AvgIpc) is 2.89. The minimum atomic E-state index is -0.518. The summed E-state index contributed by atoms with van der Waals surface area (Å²) in [6.45, 7) is 5.16. The third-order valence-corrected chi connectivity index (χ3v) is 4.25. The van der Waals surface area contributed by atoms with Crippen molar-refractivity contribution in [2.45, 2.75) is 6.42 Å². The number of fused-ring (bicyclic) bond motifs is 1. The SMILES string of the molecule is NC(=O)c1nc2cnc(CCN3CCNCC3)nc2s1. The lowest BCUT2D eigenvalue weighted by molar-refractivity contribution is 0.1000. The Morgan fingerprint density at radius 3 is 2.95 bits per heavy atom. The molecule has 0 aliphatic carbocycles. The Morgan fingerprint density at radius 1 is 1.40 bits per heavy atom. The van der Waals surface area contributed by atoms with Crippen molar-refractivity contribution >= 4 is 27.6 Å². The number of amides is 1. The lowest BCUT2D eigenvalue weighted by Gasteiger charge is -2.26. The van der Waals surface area contributed by atoms with Gasteiger partial charge in [0.1, 0.15) is 16.2 Å². The molecule has 7 nitrogen and oxygen atoms in total. The van der Waals surface area contributed by atoms with E-state index >= 15 is 0 Å². The number of piperazine rings is 1. The Labute approximate surface area is 120 Å². The first-order valence-electron chi connectivity index (χ1n) is 6.58. The highest BCUT2D eigenvalue weighted by Gasteiger charge is 2.13. The van der Waals surface area contributed by atoms with E-state index in [1.54, 1.807) is 6.20 Å². The second-order valence-electron chi connectivity index (χ2n) is 4.70. The molecule has 3 N–H and O–H groups in total. The quantitative estimate of drug-likeness (QED) is 0.798. The van der Waals surface area contributed by atoms with Crippen molar-refractivity contribution in [3.8, 4) is 0 Å². The maximum atomic E-state index is 11.1. The number of carbonyl (C=O) groups is 1. The molecular weight excluding hydrogens is 276 g/mol. The van der Waals surface area contributed by atoms with Crippen LogP contribution < -0.4 is 11.1 Å². The van der Waals surface area contributed by atoms with Gasteiger partial charge >= 0.3 is 0 Å². The van der Waals surface area contributed by atoms with Crippen molar-refractivity contribution < 1.29 is 4.79 Å². The molecule has 2 aromatic rings. The van der Waals surface area contributed by atoms with Gasteiger partial charge < -0.3 is 16.0 Å². The molecule has 0 radical (unpaired) electrons. The number of hydrogen-bond donors (Lipinski definition) is 2. The molecule has 3 heterocycles. The fourth-order valence-corrected chi connectivity index (χ4v) is 2.97. The van der Waals surface area contributed by atoms with Gasteiger partial charge in [0, 0.05) is 39.1 Å². The minimum Gasteiger partial charge on any atom is -0.364 e. The average molecular weight is 292 g/mol. The highest BCUT2D eigenvalue weighted by molar-refractivity contribution is 7.19. The van der Waals surface area contributed by atoms with E-state index in [0.29, 0.717) is 5.52 Å². The van der Waals surface area contributed by atoms with Crippen LogP contribution in [0, 0.1) is 0 Å². The van der Waals surface area contributed by atoms with Crippen LogP contribution in [0.2, 0.25) is 0 Å². The number of nitrogens with zero attached hydrogens (tertiary/aromatic N) is 4. The van der Waals surface area contributed by atoms with Gasteiger partial charge in [0.25, 0.3) is 5.91 Å². The molecule has 8 heteroatoms. The molecule has 3 rings (SSSR count). The van der Waals surface area contributed by atoms with E-state index in [2.05, 4.69) is 25.2 Å². The van der Waals surface area contributed by atoms with Crippen LogP contribution in [0.15, 0.2) is 6.20 Å². The first-order valence-corrected chi connectivity index (χ1v) is 7.39. The van der Waals surface area contributed by atoms with Crippen LogP contribution in [-0.4, -0.2) is 58.5 Å². The number of carbonyl (C=O) groups excluding carboxylic acids is 1. The van der Waals surface area contributed by atoms with Crippen molar-refractivity contribution in [3.63, 3.8) is 0 Å². The third-order valence-electron chi connectivity index (χ3n) is 3.27. The van der Waals surface area contributed by atoms with E-state index in [0.717, 1.165) is 49.8 Å². The third kappa shape index (κ3) is 2.92. The maximum Gasteiger partial charge on any atom is 0.277 e. The molecule has 1 aliphatic rings. The van der Waals surface area contributed by atoms with E-state index in [1.807, 2.05) is 0 Å². The first-order chi connectivity index (χ1) is 9.72. The second kappa shape index (κ2) is 5.78. The van der Waals surface area contributed by atoms with Crippen LogP contribution in [0.25, 0.3) is 10.3 Å². The van der Waals surface area contributed by atoms with Crippen LogP contribution in [0.5, 0.6) is 0 Å². The topological polar surface area (TPSA) is 97.0 Å². The summed E-state index contributed by atoms with van der Waals surface area (Å²) in [6, 6.07) is 0. The highest BCUT2D eigenvalue weighted by Crippen LogP contribution is 2.19. The summed E-state index contributed by atoms with van der Waals surface area (Å²) in [4.78, 5) is 27.1. The largest absolute Gasteiger partial charge is 0.364 e. The number of nitrogens with two attached hydrogens (primary N) is 1. The molecule has 1 saturated heterocycles. The zero-order valence-corrected chi connectivity index (χ0v) is 11.8. The summed E-state index contributed by atoms with van der Waals surface area (Å²) in [6.07, 6.45) is 2.47. The molecule has 20 heavy (non-hydrogen) atoms. The summed E-state index contributed by atoms with van der Waals surface area (Å²) < 4.78 is 0. The number of thiazole rings is 1. The number of primary amides is 1. The van der Waals surface area contributed by atoms with E-state index in [1.165, 1.54) is 11.3 Å². The molecule has 1 aliphatic heterocycles. The minimum absolute atomic E-state index is 0.286. The summed E-state index contributed by atoms with van der Waals surface area (Å²) in [5.41, 5.74) is 5.85. The summed E-state index contributed by atoms with van der Waals surface area (Å²) in [5.74, 6) is 0.270. The molecule has 0 atom stereocenters. The Morgan fingerprint density at radius 2 is 2.20 bits per heavy atom. The zero-order valence-electron chi connectivity index (χ0n) is 11.0. The van der Waals surface area contributed by atoms with Crippen molar-refractivity contribution in [1.82, 2.24) is 25.2 Å². The number of rotatable bonds is 4. The molecule has 0 bridgehead atoms. The normalized spacial score (nSPS) is 16.6. The fourth-order valence-electron chi connectivity index (χ4n) is 2.19. The van der Waals surface area contributed by atoms with Gasteiger partial charge in [-0.1, -0.05) is 11.3 Å². The van der Waals surface area contributed by atoms with Crippen LogP contribution in [0.4, 0.5) is 0 Å². The van der Waals surface area contributed by atoms with Gasteiger partial charge in [-0.25, -0.2) is 15.0 Å². The molecule has 0 saturated carbocycles. The van der Waals surface area contributed by atoms with Gasteiger partial charge in [0.15, 0.2) is 5.01 Å².